The van der Waals surface area contributed by atoms with Gasteiger partial charge in [-0.15, -0.1) is 0 Å². The van der Waals surface area contributed by atoms with E-state index < -0.39 is 18.0 Å². The van der Waals surface area contributed by atoms with Crippen molar-refractivity contribution in [2.45, 2.75) is 12.6 Å². The number of halogens is 1. The number of hydrogen-bond donors (Lipinski definition) is 0. The van der Waals surface area contributed by atoms with Gasteiger partial charge in [-0.3, -0.25) is 9.58 Å². The van der Waals surface area contributed by atoms with Gasteiger partial charge in [-0.1, -0.05) is 5.11 Å². The number of carbonyl (C=O) groups excluding carboxylic acids is 1. The molecule has 1 saturated heterocycles. The average Bonchev–Trinajstić information content (AvgIpc) is 3.42. The summed E-state index contributed by atoms with van der Waals surface area (Å²) >= 11 is 0. The molecule has 2 aromatic heterocycles. The Morgan fingerprint density at radius 3 is 3.04 bits per heavy atom. The molecule has 1 fully saturated rings. The molecule has 0 bridgehead atoms. The Kier molecular flexibility index (Phi) is 4.65. The smallest absolute Gasteiger partial charge is 0.414 e. The summed E-state index contributed by atoms with van der Waals surface area (Å²) in [5.74, 6) is -0.530. The minimum Gasteiger partial charge on any atom is -0.444 e. The Balaban J connectivity index is 1.51. The molecule has 11 heteroatoms. The third kappa shape index (κ3) is 3.51. The predicted octanol–water partition coefficient (Wildman–Crippen LogP) is 2.89. The average molecular weight is 382 g/mol. The molecule has 28 heavy (non-hydrogen) atoms. The highest BCUT2D eigenvalue weighted by Gasteiger charge is 2.32. The molecule has 1 amide bonds. The molecule has 0 spiro atoms. The molecule has 4 rings (SSSR count). The lowest BCUT2D eigenvalue weighted by atomic mass is 10.2. The van der Waals surface area contributed by atoms with Crippen LogP contribution in [0.25, 0.3) is 16.1 Å². The van der Waals surface area contributed by atoms with Crippen molar-refractivity contribution in [3.05, 3.63) is 70.9 Å². The Morgan fingerprint density at radius 1 is 1.39 bits per heavy atom. The van der Waals surface area contributed by atoms with Crippen LogP contribution in [0.15, 0.2) is 54.2 Å². The van der Waals surface area contributed by atoms with Gasteiger partial charge in [0.25, 0.3) is 0 Å². The molecule has 1 aromatic carbocycles. The van der Waals surface area contributed by atoms with Gasteiger partial charge in [0.1, 0.15) is 11.8 Å². The van der Waals surface area contributed by atoms with Crippen LogP contribution in [-0.4, -0.2) is 44.8 Å². The fraction of sp³-hybridized carbons (Fsp3) is 0.235. The molecule has 1 aliphatic rings. The topological polar surface area (TPSA) is 114 Å². The second-order valence-corrected chi connectivity index (χ2v) is 6.16. The summed E-state index contributed by atoms with van der Waals surface area (Å²) < 4.78 is 23.0. The van der Waals surface area contributed by atoms with Crippen LogP contribution in [0.4, 0.5) is 14.9 Å². The van der Waals surface area contributed by atoms with E-state index in [2.05, 4.69) is 20.2 Å². The number of cyclic esters (lactones) is 1. The van der Waals surface area contributed by atoms with Crippen molar-refractivity contribution in [2.75, 3.05) is 18.0 Å². The minimum atomic E-state index is -0.606. The molecule has 0 aliphatic carbocycles. The summed E-state index contributed by atoms with van der Waals surface area (Å²) in [4.78, 5) is 15.9. The summed E-state index contributed by atoms with van der Waals surface area (Å²) in [6.07, 6.45) is 5.72. The van der Waals surface area contributed by atoms with Crippen LogP contribution in [0.5, 0.6) is 0 Å². The molecule has 0 saturated carbocycles. The number of carbonyl (C=O) groups is 1. The van der Waals surface area contributed by atoms with Gasteiger partial charge in [0, 0.05) is 29.1 Å². The van der Waals surface area contributed by atoms with Crippen LogP contribution in [0.2, 0.25) is 0 Å². The quantitative estimate of drug-likeness (QED) is 0.370. The first-order valence-corrected chi connectivity index (χ1v) is 8.44. The number of aromatic nitrogens is 4. The summed E-state index contributed by atoms with van der Waals surface area (Å²) in [7, 11) is 0. The monoisotopic (exact) mass is 382 g/mol. The molecular weight excluding hydrogens is 367 g/mol. The summed E-state index contributed by atoms with van der Waals surface area (Å²) in [5, 5.41) is 11.7. The first-order chi connectivity index (χ1) is 13.6. The van der Waals surface area contributed by atoms with E-state index in [9.17, 15) is 9.18 Å². The van der Waals surface area contributed by atoms with E-state index >= 15 is 0 Å². The van der Waals surface area contributed by atoms with Gasteiger partial charge >= 0.3 is 6.09 Å². The first-order valence-electron chi connectivity index (χ1n) is 8.44. The van der Waals surface area contributed by atoms with Crippen LogP contribution in [0, 0.1) is 5.82 Å². The van der Waals surface area contributed by atoms with Gasteiger partial charge in [-0.05, 0) is 29.8 Å². The fourth-order valence-electron chi connectivity index (χ4n) is 2.96. The zero-order chi connectivity index (χ0) is 19.5. The molecule has 0 unspecified atom stereocenters. The highest BCUT2D eigenvalue weighted by molar-refractivity contribution is 5.89. The molecule has 10 nitrogen and oxygen atoms in total. The molecule has 1 atom stereocenters. The Bertz CT molecular complexity index is 1040. The van der Waals surface area contributed by atoms with E-state index in [1.807, 2.05) is 12.3 Å². The van der Waals surface area contributed by atoms with E-state index in [4.69, 9.17) is 10.3 Å². The molecule has 3 aromatic rings. The number of anilines is 1. The van der Waals surface area contributed by atoms with Crippen molar-refractivity contribution in [2.24, 2.45) is 5.11 Å². The SMILES string of the molecule is [N-]=[N+]=NC[C@H]1CN(c2ccc(-n3cc(Cn4cccn4)cn3)c(F)c2)C(=O)O1. The van der Waals surface area contributed by atoms with E-state index in [-0.39, 0.29) is 18.8 Å². The van der Waals surface area contributed by atoms with Crippen molar-refractivity contribution in [1.29, 1.82) is 0 Å². The summed E-state index contributed by atoms with van der Waals surface area (Å²) in [5.41, 5.74) is 9.85. The number of amides is 1. The number of rotatable bonds is 6. The van der Waals surface area contributed by atoms with Crippen molar-refractivity contribution in [3.63, 3.8) is 0 Å². The van der Waals surface area contributed by atoms with E-state index in [1.54, 1.807) is 35.4 Å². The first kappa shape index (κ1) is 17.6. The van der Waals surface area contributed by atoms with Crippen LogP contribution >= 0.6 is 0 Å². The van der Waals surface area contributed by atoms with Crippen molar-refractivity contribution in [3.8, 4) is 5.69 Å². The summed E-state index contributed by atoms with van der Waals surface area (Å²) in [6.45, 7) is 0.747. The molecule has 0 N–H and O–H groups in total. The third-order valence-corrected chi connectivity index (χ3v) is 4.25. The van der Waals surface area contributed by atoms with Crippen LogP contribution in [0.3, 0.4) is 0 Å². The molecule has 142 valence electrons. The van der Waals surface area contributed by atoms with E-state index in [0.29, 0.717) is 12.2 Å². The number of hydrogen-bond acceptors (Lipinski definition) is 5. The maximum absolute atomic E-state index is 14.7. The molecule has 1 aliphatic heterocycles. The second kappa shape index (κ2) is 7.41. The van der Waals surface area contributed by atoms with Gasteiger partial charge in [-0.25, -0.2) is 13.9 Å². The van der Waals surface area contributed by atoms with E-state index in [0.717, 1.165) is 5.56 Å². The lowest BCUT2D eigenvalue weighted by molar-refractivity contribution is 0.145. The predicted molar refractivity (Wildman–Crippen MR) is 96.5 cm³/mol. The lowest BCUT2D eigenvalue weighted by Gasteiger charge is -2.14. The zero-order valence-corrected chi connectivity index (χ0v) is 14.6. The molecule has 3 heterocycles. The largest absolute Gasteiger partial charge is 0.444 e. The Labute approximate surface area is 158 Å². The van der Waals surface area contributed by atoms with Crippen LogP contribution < -0.4 is 4.90 Å². The lowest BCUT2D eigenvalue weighted by Crippen LogP contribution is -2.25. The highest BCUT2D eigenvalue weighted by atomic mass is 19.1. The number of benzene rings is 1. The second-order valence-electron chi connectivity index (χ2n) is 6.16. The van der Waals surface area contributed by atoms with Crippen molar-refractivity contribution in [1.82, 2.24) is 19.6 Å². The zero-order valence-electron chi connectivity index (χ0n) is 14.6. The molecular formula is C17H15FN8O2. The minimum absolute atomic E-state index is 0.0334. The maximum Gasteiger partial charge on any atom is 0.414 e. The number of azide groups is 1. The fourth-order valence-corrected chi connectivity index (χ4v) is 2.96. The van der Waals surface area contributed by atoms with Gasteiger partial charge in [0.15, 0.2) is 5.82 Å². The third-order valence-electron chi connectivity index (χ3n) is 4.25. The van der Waals surface area contributed by atoms with Crippen LogP contribution in [0.1, 0.15) is 5.56 Å². The number of ether oxygens (including phenoxy) is 1. The van der Waals surface area contributed by atoms with Gasteiger partial charge in [0.05, 0.1) is 31.5 Å². The Hall–Kier alpha value is -3.85. The standard InChI is InChI=1S/C17H15FN8O2/c18-15-6-13(25-11-14(8-20-23-19)28-17(25)27)2-3-16(15)26-10-12(7-22-26)9-24-5-1-4-21-24/h1-7,10,14H,8-9,11H2/t14-/m0/s1. The van der Waals surface area contributed by atoms with Crippen molar-refractivity contribution >= 4 is 11.8 Å². The molecule has 0 radical (unpaired) electrons. The highest BCUT2D eigenvalue weighted by Crippen LogP contribution is 2.25. The summed E-state index contributed by atoms with van der Waals surface area (Å²) in [6, 6.07) is 6.23. The normalized spacial score (nSPS) is 16.1. The van der Waals surface area contributed by atoms with Gasteiger partial charge in [0.2, 0.25) is 0 Å². The van der Waals surface area contributed by atoms with Crippen LogP contribution in [-0.2, 0) is 11.3 Å². The van der Waals surface area contributed by atoms with E-state index in [1.165, 1.54) is 15.6 Å². The number of nitrogens with zero attached hydrogens (tertiary/aromatic N) is 8. The Morgan fingerprint density at radius 2 is 2.29 bits per heavy atom. The maximum atomic E-state index is 14.7. The van der Waals surface area contributed by atoms with Gasteiger partial charge < -0.3 is 4.74 Å². The van der Waals surface area contributed by atoms with Crippen molar-refractivity contribution < 1.29 is 13.9 Å². The van der Waals surface area contributed by atoms with Gasteiger partial charge in [-0.2, -0.15) is 10.2 Å².